The number of aliphatic carboxylic acids is 1. The number of aromatic nitrogens is 1. The highest BCUT2D eigenvalue weighted by atomic mass is 35.5. The second kappa shape index (κ2) is 11.5. The second-order valence-corrected chi connectivity index (χ2v) is 10.6. The molecule has 0 aliphatic rings. The molecule has 0 aliphatic carbocycles. The van der Waals surface area contributed by atoms with Crippen LogP contribution in [-0.4, -0.2) is 42.2 Å². The SMILES string of the molecule is CCCS(=O)(=O)c1cccc(N[C@@H](Cc2ccc(NC(=O)c3cc(Cl)nc(Cl)c3)cc2)C(=O)O)c1. The van der Waals surface area contributed by atoms with Crippen LogP contribution in [0.5, 0.6) is 0 Å². The zero-order valence-electron chi connectivity index (χ0n) is 18.7. The van der Waals surface area contributed by atoms with E-state index in [1.54, 1.807) is 43.3 Å². The standard InChI is InChI=1S/C24H23Cl2N3O5S/c1-2-10-35(33,34)19-5-3-4-18(14-19)27-20(24(31)32)11-15-6-8-17(9-7-15)28-23(30)16-12-21(25)29-22(26)13-16/h3-9,12-14,20,27H,2,10-11H2,1H3,(H,28,30)(H,31,32)/t20-/m0/s1. The largest absolute Gasteiger partial charge is 0.480 e. The van der Waals surface area contributed by atoms with Crippen molar-refractivity contribution in [3.63, 3.8) is 0 Å². The summed E-state index contributed by atoms with van der Waals surface area (Å²) in [6.07, 6.45) is 0.614. The van der Waals surface area contributed by atoms with Crippen molar-refractivity contribution < 1.29 is 23.1 Å². The summed E-state index contributed by atoms with van der Waals surface area (Å²) in [5.41, 5.74) is 1.84. The van der Waals surface area contributed by atoms with Crippen molar-refractivity contribution in [3.8, 4) is 0 Å². The van der Waals surface area contributed by atoms with Crippen molar-refractivity contribution in [1.29, 1.82) is 0 Å². The van der Waals surface area contributed by atoms with E-state index in [0.717, 1.165) is 0 Å². The van der Waals surface area contributed by atoms with Crippen molar-refractivity contribution >= 4 is 56.3 Å². The average Bonchev–Trinajstić information content (AvgIpc) is 2.79. The lowest BCUT2D eigenvalue weighted by atomic mass is 10.0. The number of rotatable bonds is 10. The molecule has 0 saturated carbocycles. The molecule has 1 atom stereocenters. The quantitative estimate of drug-likeness (QED) is 0.314. The molecule has 1 aromatic heterocycles. The Balaban J connectivity index is 1.69. The molecule has 8 nitrogen and oxygen atoms in total. The van der Waals surface area contributed by atoms with Gasteiger partial charge in [-0.15, -0.1) is 0 Å². The number of nitrogens with one attached hydrogen (secondary N) is 2. The van der Waals surface area contributed by atoms with E-state index in [1.807, 2.05) is 0 Å². The van der Waals surface area contributed by atoms with Crippen molar-refractivity contribution in [3.05, 3.63) is 82.1 Å². The lowest BCUT2D eigenvalue weighted by Gasteiger charge is -2.17. The maximum atomic E-state index is 12.4. The normalized spacial score (nSPS) is 12.1. The molecular weight excluding hydrogens is 513 g/mol. The third-order valence-electron chi connectivity index (χ3n) is 4.98. The number of hydrogen-bond acceptors (Lipinski definition) is 6. The summed E-state index contributed by atoms with van der Waals surface area (Å²) in [6.45, 7) is 1.78. The Morgan fingerprint density at radius 2 is 1.66 bits per heavy atom. The summed E-state index contributed by atoms with van der Waals surface area (Å²) in [4.78, 5) is 28.2. The number of benzene rings is 2. The van der Waals surface area contributed by atoms with Crippen molar-refractivity contribution in [2.24, 2.45) is 0 Å². The van der Waals surface area contributed by atoms with Crippen LogP contribution in [-0.2, 0) is 21.1 Å². The summed E-state index contributed by atoms with van der Waals surface area (Å²) in [6, 6.07) is 14.6. The van der Waals surface area contributed by atoms with Gasteiger partial charge in [0.05, 0.1) is 10.6 Å². The van der Waals surface area contributed by atoms with Crippen LogP contribution in [0.4, 0.5) is 11.4 Å². The van der Waals surface area contributed by atoms with Gasteiger partial charge in [0.1, 0.15) is 16.3 Å². The fourth-order valence-electron chi connectivity index (χ4n) is 3.33. The zero-order valence-corrected chi connectivity index (χ0v) is 21.0. The molecule has 3 N–H and O–H groups in total. The molecule has 3 rings (SSSR count). The number of pyridine rings is 1. The number of amides is 1. The highest BCUT2D eigenvalue weighted by Gasteiger charge is 2.20. The Morgan fingerprint density at radius 3 is 2.26 bits per heavy atom. The second-order valence-electron chi connectivity index (χ2n) is 7.74. The minimum atomic E-state index is -3.43. The minimum Gasteiger partial charge on any atom is -0.480 e. The van der Waals surface area contributed by atoms with E-state index in [4.69, 9.17) is 23.2 Å². The average molecular weight is 536 g/mol. The number of sulfone groups is 1. The van der Waals surface area contributed by atoms with Crippen LogP contribution in [0.15, 0.2) is 65.6 Å². The Bertz CT molecular complexity index is 1310. The molecule has 184 valence electrons. The molecule has 11 heteroatoms. The van der Waals surface area contributed by atoms with Gasteiger partial charge in [-0.25, -0.2) is 18.2 Å². The van der Waals surface area contributed by atoms with Gasteiger partial charge in [0.25, 0.3) is 5.91 Å². The van der Waals surface area contributed by atoms with E-state index in [9.17, 15) is 23.1 Å². The van der Waals surface area contributed by atoms with E-state index in [-0.39, 0.29) is 32.9 Å². The Hall–Kier alpha value is -3.14. The monoisotopic (exact) mass is 535 g/mol. The first-order chi connectivity index (χ1) is 16.6. The first-order valence-corrected chi connectivity index (χ1v) is 13.0. The maximum absolute atomic E-state index is 12.4. The van der Waals surface area contributed by atoms with Crippen molar-refractivity contribution in [2.45, 2.75) is 30.7 Å². The lowest BCUT2D eigenvalue weighted by Crippen LogP contribution is -2.31. The molecule has 0 radical (unpaired) electrons. The summed E-state index contributed by atoms with van der Waals surface area (Å²) >= 11 is 11.7. The summed E-state index contributed by atoms with van der Waals surface area (Å²) < 4.78 is 24.7. The molecule has 0 bridgehead atoms. The van der Waals surface area contributed by atoms with Gasteiger partial charge in [0.15, 0.2) is 9.84 Å². The fraction of sp³-hybridized carbons (Fsp3) is 0.208. The van der Waals surface area contributed by atoms with Crippen LogP contribution in [0.1, 0.15) is 29.3 Å². The number of anilines is 2. The smallest absolute Gasteiger partial charge is 0.326 e. The van der Waals surface area contributed by atoms with E-state index >= 15 is 0 Å². The van der Waals surface area contributed by atoms with Gasteiger partial charge >= 0.3 is 5.97 Å². The summed E-state index contributed by atoms with van der Waals surface area (Å²) in [7, 11) is -3.43. The number of carbonyl (C=O) groups is 2. The summed E-state index contributed by atoms with van der Waals surface area (Å²) in [5.74, 6) is -1.49. The van der Waals surface area contributed by atoms with Crippen LogP contribution in [0.25, 0.3) is 0 Å². The molecule has 35 heavy (non-hydrogen) atoms. The van der Waals surface area contributed by atoms with Crippen LogP contribution >= 0.6 is 23.2 Å². The van der Waals surface area contributed by atoms with Crippen LogP contribution in [0.2, 0.25) is 10.3 Å². The van der Waals surface area contributed by atoms with Gasteiger partial charge in [0.2, 0.25) is 0 Å². The van der Waals surface area contributed by atoms with E-state index in [1.165, 1.54) is 24.3 Å². The molecule has 0 unspecified atom stereocenters. The van der Waals surface area contributed by atoms with Gasteiger partial charge in [0, 0.05) is 23.4 Å². The molecule has 0 spiro atoms. The van der Waals surface area contributed by atoms with Crippen LogP contribution in [0.3, 0.4) is 0 Å². The Morgan fingerprint density at radius 1 is 1.00 bits per heavy atom. The molecule has 1 heterocycles. The molecule has 0 aliphatic heterocycles. The van der Waals surface area contributed by atoms with Gasteiger partial charge in [-0.1, -0.05) is 48.3 Å². The molecule has 0 fully saturated rings. The summed E-state index contributed by atoms with van der Waals surface area (Å²) in [5, 5.41) is 15.5. The predicted octanol–water partition coefficient (Wildman–Crippen LogP) is 4.93. The number of nitrogens with zero attached hydrogens (tertiary/aromatic N) is 1. The molecule has 0 saturated heterocycles. The molecule has 3 aromatic rings. The van der Waals surface area contributed by atoms with E-state index in [0.29, 0.717) is 23.4 Å². The van der Waals surface area contributed by atoms with Gasteiger partial charge in [-0.3, -0.25) is 4.79 Å². The topological polar surface area (TPSA) is 125 Å². The number of carbonyl (C=O) groups excluding carboxylic acids is 1. The minimum absolute atomic E-state index is 0.0168. The van der Waals surface area contributed by atoms with Gasteiger partial charge in [-0.05, 0) is 54.4 Å². The fourth-order valence-corrected chi connectivity index (χ4v) is 5.15. The Kier molecular flexibility index (Phi) is 8.71. The zero-order chi connectivity index (χ0) is 25.6. The number of carboxylic acids is 1. The Labute approximate surface area is 213 Å². The van der Waals surface area contributed by atoms with Crippen LogP contribution < -0.4 is 10.6 Å². The number of halogens is 2. The highest BCUT2D eigenvalue weighted by molar-refractivity contribution is 7.91. The third kappa shape index (κ3) is 7.42. The van der Waals surface area contributed by atoms with Gasteiger partial charge < -0.3 is 15.7 Å². The van der Waals surface area contributed by atoms with Crippen molar-refractivity contribution in [2.75, 3.05) is 16.4 Å². The number of carboxylic acid groups (broad SMARTS) is 1. The molecule has 1 amide bonds. The molecular formula is C24H23Cl2N3O5S. The van der Waals surface area contributed by atoms with Gasteiger partial charge in [-0.2, -0.15) is 0 Å². The maximum Gasteiger partial charge on any atom is 0.326 e. The first kappa shape index (κ1) is 26.5. The number of hydrogen-bond donors (Lipinski definition) is 3. The molecule has 2 aromatic carbocycles. The van der Waals surface area contributed by atoms with Crippen LogP contribution in [0, 0.1) is 0 Å². The van der Waals surface area contributed by atoms with E-state index in [2.05, 4.69) is 15.6 Å². The first-order valence-electron chi connectivity index (χ1n) is 10.6. The lowest BCUT2D eigenvalue weighted by molar-refractivity contribution is -0.137. The van der Waals surface area contributed by atoms with Crippen molar-refractivity contribution in [1.82, 2.24) is 4.98 Å². The predicted molar refractivity (Wildman–Crippen MR) is 136 cm³/mol. The van der Waals surface area contributed by atoms with E-state index < -0.39 is 27.8 Å². The highest BCUT2D eigenvalue weighted by Crippen LogP contribution is 2.20. The third-order valence-corrected chi connectivity index (χ3v) is 7.29.